The van der Waals surface area contributed by atoms with E-state index in [0.29, 0.717) is 38.8 Å². The Morgan fingerprint density at radius 1 is 0.448 bits per heavy atom. The number of anilines is 2. The summed E-state index contributed by atoms with van der Waals surface area (Å²) in [6.07, 6.45) is 28.7. The highest BCUT2D eigenvalue weighted by atomic mass is 35.5. The average molecular weight is 1250 g/mol. The maximum atomic E-state index is 11.5. The minimum Gasteiger partial charge on any atom is -0.344 e. The molecule has 4 aliphatic heterocycles. The van der Waals surface area contributed by atoms with E-state index in [0.717, 1.165) is 126 Å². The summed E-state index contributed by atoms with van der Waals surface area (Å²) >= 11 is 14.8. The maximum absolute atomic E-state index is 11.5. The topological polar surface area (TPSA) is 121 Å². The van der Waals surface area contributed by atoms with Crippen molar-refractivity contribution in [2.75, 3.05) is 47.5 Å². The quantitative estimate of drug-likeness (QED) is 0.0453. The summed E-state index contributed by atoms with van der Waals surface area (Å²) in [4.78, 5) is 4.62. The normalized spacial score (nSPS) is 21.5. The fourth-order valence-electron chi connectivity index (χ4n) is 14.5. The number of nitrogens with zero attached hydrogens (tertiary/aromatic N) is 4. The van der Waals surface area contributed by atoms with Crippen LogP contribution in [0, 0.1) is 0 Å². The first kappa shape index (κ1) is 64.1. The molecule has 4 aromatic carbocycles. The van der Waals surface area contributed by atoms with Crippen LogP contribution in [0.15, 0.2) is 189 Å². The lowest BCUT2D eigenvalue weighted by atomic mass is 9.81. The van der Waals surface area contributed by atoms with Gasteiger partial charge in [-0.25, -0.2) is 0 Å². The third-order valence-corrected chi connectivity index (χ3v) is 21.8. The molecule has 0 radical (unpaired) electrons. The number of unbranched alkanes of at least 4 members (excludes halogenated alkanes) is 4. The van der Waals surface area contributed by atoms with Gasteiger partial charge in [0.25, 0.3) is 20.2 Å². The second-order valence-electron chi connectivity index (χ2n) is 26.5. The second-order valence-corrected chi connectivity index (χ2v) is 30.4. The standard InChI is InChI=1S/C73H86Cl2N4O6S2/c1-70(2)56-30-10-14-34-60(56)76(64(70)42-38-52-26-24-28-54(68(52)74)40-44-66-72(5,6)58-32-12-16-36-62(58)78(66)48-20-22-50-86(80,81)82)46-18-9-19-47-77-61-35-15-11-31-57(61)71(3,4)65(77)43-39-53-27-25-29-55(69(53)75)41-45-67-73(7,8)59-33-13-17-37-63(59)79(67)49-21-23-51-87(83,84)85/h10-17,30-45H,9,18-29,46-51H2,1-8H3/p+2. The molecule has 0 aromatic heterocycles. The number of benzene rings is 4. The van der Waals surface area contributed by atoms with E-state index in [4.69, 9.17) is 23.2 Å². The molecule has 0 fully saturated rings. The Morgan fingerprint density at radius 2 is 0.816 bits per heavy atom. The Hall–Kier alpha value is -5.86. The molecule has 0 unspecified atom stereocenters. The predicted octanol–water partition coefficient (Wildman–Crippen LogP) is 17.3. The van der Waals surface area contributed by atoms with Crippen LogP contribution in [0.3, 0.4) is 0 Å². The van der Waals surface area contributed by atoms with E-state index in [2.05, 4.69) is 208 Å². The van der Waals surface area contributed by atoms with Crippen molar-refractivity contribution in [3.05, 3.63) is 212 Å². The Balaban J connectivity index is 0.861. The third-order valence-electron chi connectivity index (χ3n) is 19.2. The molecule has 4 heterocycles. The highest BCUT2D eigenvalue weighted by Crippen LogP contribution is 2.50. The van der Waals surface area contributed by atoms with Gasteiger partial charge in [0.1, 0.15) is 13.1 Å². The SMILES string of the molecule is CC1(C)C(/C=C/C2=C(Cl)C(=C/C=C3\N(CCCCS(=O)(=O)O)c4ccccc4C3(C)C)/CCC2)=[N+](CCCCC[N+]2=C(/C=C/C3=C(Cl)C(=C/C=C4/N(CCCCS(=O)(=O)O)c5ccccc5C4(C)C)/CCC3)C(C)(C)c3ccccc32)c2ccccc21. The Morgan fingerprint density at radius 3 is 1.21 bits per heavy atom. The van der Waals surface area contributed by atoms with E-state index in [1.807, 2.05) is 12.1 Å². The summed E-state index contributed by atoms with van der Waals surface area (Å²) in [6, 6.07) is 34.6. The van der Waals surface area contributed by atoms with E-state index < -0.39 is 20.2 Å². The number of para-hydroxylation sites is 4. The summed E-state index contributed by atoms with van der Waals surface area (Å²) in [6.45, 7) is 21.4. The van der Waals surface area contributed by atoms with Gasteiger partial charge in [-0.2, -0.15) is 26.0 Å². The maximum Gasteiger partial charge on any atom is 0.264 e. The molecule has 10 rings (SSSR count). The van der Waals surface area contributed by atoms with Gasteiger partial charge in [0.2, 0.25) is 11.4 Å². The van der Waals surface area contributed by atoms with Crippen LogP contribution in [-0.2, 0) is 41.9 Å². The molecule has 87 heavy (non-hydrogen) atoms. The molecular formula is C73H88Cl2N4O6S2+2. The van der Waals surface area contributed by atoms with Gasteiger partial charge in [-0.15, -0.1) is 0 Å². The monoisotopic (exact) mass is 1250 g/mol. The molecule has 0 spiro atoms. The number of halogens is 2. The van der Waals surface area contributed by atoms with Gasteiger partial charge in [0.15, 0.2) is 11.4 Å². The van der Waals surface area contributed by atoms with E-state index in [1.54, 1.807) is 0 Å². The van der Waals surface area contributed by atoms with E-state index in [-0.39, 0.29) is 33.2 Å². The van der Waals surface area contributed by atoms with Gasteiger partial charge in [0.05, 0.1) is 22.3 Å². The molecule has 0 saturated carbocycles. The van der Waals surface area contributed by atoms with Crippen LogP contribution < -0.4 is 9.80 Å². The Kier molecular flexibility index (Phi) is 19.1. The van der Waals surface area contributed by atoms with Crippen molar-refractivity contribution in [1.29, 1.82) is 0 Å². The van der Waals surface area contributed by atoms with Crippen LogP contribution >= 0.6 is 23.2 Å². The van der Waals surface area contributed by atoms with Crippen LogP contribution in [0.2, 0.25) is 0 Å². The van der Waals surface area contributed by atoms with E-state index in [1.165, 1.54) is 45.1 Å². The highest BCUT2D eigenvalue weighted by Gasteiger charge is 2.46. The number of hydrogen-bond acceptors (Lipinski definition) is 6. The van der Waals surface area contributed by atoms with Crippen molar-refractivity contribution in [2.45, 2.75) is 161 Å². The summed E-state index contributed by atoms with van der Waals surface area (Å²) in [7, 11) is -8.04. The lowest BCUT2D eigenvalue weighted by Gasteiger charge is -2.27. The minimum atomic E-state index is -4.02. The molecule has 0 bridgehead atoms. The van der Waals surface area contributed by atoms with Crippen LogP contribution in [0.5, 0.6) is 0 Å². The first-order chi connectivity index (χ1) is 41.3. The van der Waals surface area contributed by atoms with E-state index in [9.17, 15) is 25.9 Å². The fraction of sp³-hybridized carbons (Fsp3) is 0.425. The highest BCUT2D eigenvalue weighted by molar-refractivity contribution is 7.86. The first-order valence-corrected chi connectivity index (χ1v) is 35.4. The molecular weight excluding hydrogens is 1160 g/mol. The van der Waals surface area contributed by atoms with Crippen molar-refractivity contribution in [3.8, 4) is 0 Å². The molecule has 14 heteroatoms. The van der Waals surface area contributed by atoms with Crippen LogP contribution in [0.1, 0.15) is 161 Å². The summed E-state index contributed by atoms with van der Waals surface area (Å²) in [5, 5.41) is 1.62. The predicted molar refractivity (Wildman–Crippen MR) is 361 cm³/mol. The number of allylic oxidation sites excluding steroid dienone is 16. The van der Waals surface area contributed by atoms with Crippen molar-refractivity contribution in [1.82, 2.24) is 0 Å². The van der Waals surface area contributed by atoms with Crippen molar-refractivity contribution in [3.63, 3.8) is 0 Å². The lowest BCUT2D eigenvalue weighted by Crippen LogP contribution is -2.28. The fourth-order valence-corrected chi connectivity index (χ4v) is 16.3. The zero-order valence-electron chi connectivity index (χ0n) is 52.2. The van der Waals surface area contributed by atoms with Crippen molar-refractivity contribution >= 4 is 77.6 Å². The zero-order valence-corrected chi connectivity index (χ0v) is 55.3. The molecule has 10 nitrogen and oxygen atoms in total. The molecule has 2 aliphatic carbocycles. The molecule has 2 N–H and O–H groups in total. The lowest BCUT2D eigenvalue weighted by molar-refractivity contribution is -0.443. The van der Waals surface area contributed by atoms with Gasteiger partial charge >= 0.3 is 0 Å². The first-order valence-electron chi connectivity index (χ1n) is 31.4. The van der Waals surface area contributed by atoms with Crippen LogP contribution in [0.4, 0.5) is 22.7 Å². The van der Waals surface area contributed by atoms with Gasteiger partial charge in [0, 0.05) is 105 Å². The van der Waals surface area contributed by atoms with Gasteiger partial charge < -0.3 is 9.80 Å². The summed E-state index contributed by atoms with van der Waals surface area (Å²) in [5.74, 6) is -0.490. The van der Waals surface area contributed by atoms with Gasteiger partial charge in [-0.3, -0.25) is 9.11 Å². The largest absolute Gasteiger partial charge is 0.344 e. The Bertz CT molecular complexity index is 3650. The Labute approximate surface area is 529 Å². The van der Waals surface area contributed by atoms with Crippen molar-refractivity contribution in [2.24, 2.45) is 0 Å². The third kappa shape index (κ3) is 13.5. The molecule has 0 atom stereocenters. The van der Waals surface area contributed by atoms with Crippen LogP contribution in [0.25, 0.3) is 0 Å². The van der Waals surface area contributed by atoms with Crippen LogP contribution in [-0.4, -0.2) is 84.2 Å². The average Bonchev–Trinajstić information content (AvgIpc) is 1.69. The molecule has 0 saturated heterocycles. The van der Waals surface area contributed by atoms with Gasteiger partial charge in [-0.05, 0) is 156 Å². The second kappa shape index (κ2) is 25.9. The van der Waals surface area contributed by atoms with E-state index >= 15 is 0 Å². The summed E-state index contributed by atoms with van der Waals surface area (Å²) in [5.41, 5.74) is 18.3. The number of hydrogen-bond donors (Lipinski definition) is 2. The summed E-state index contributed by atoms with van der Waals surface area (Å²) < 4.78 is 70.0. The molecule has 460 valence electrons. The van der Waals surface area contributed by atoms with Crippen molar-refractivity contribution < 1.29 is 35.1 Å². The smallest absolute Gasteiger partial charge is 0.264 e. The van der Waals surface area contributed by atoms with Gasteiger partial charge in [-0.1, -0.05) is 148 Å². The number of fused-ring (bicyclic) bond motifs is 4. The minimum absolute atomic E-state index is 0.213. The molecule has 0 amide bonds. The number of rotatable bonds is 22. The molecule has 4 aromatic rings. The molecule has 6 aliphatic rings. The zero-order chi connectivity index (χ0) is 62.1.